The molecule has 0 bridgehead atoms. The lowest BCUT2D eigenvalue weighted by Gasteiger charge is -2.29. The molecule has 10 heteroatoms. The molecule has 9 nitrogen and oxygen atoms in total. The quantitative estimate of drug-likeness (QED) is 0.443. The van der Waals surface area contributed by atoms with Gasteiger partial charge >= 0.3 is 6.03 Å². The van der Waals surface area contributed by atoms with Gasteiger partial charge in [-0.15, -0.1) is 0 Å². The second-order valence-electron chi connectivity index (χ2n) is 6.75. The van der Waals surface area contributed by atoms with Crippen LogP contribution < -0.4 is 21.4 Å². The third-order valence-electron chi connectivity index (χ3n) is 4.68. The van der Waals surface area contributed by atoms with E-state index in [4.69, 9.17) is 0 Å². The van der Waals surface area contributed by atoms with Gasteiger partial charge in [0.2, 0.25) is 0 Å². The summed E-state index contributed by atoms with van der Waals surface area (Å²) in [4.78, 5) is 33.9. The number of hydrogen-bond acceptors (Lipinski definition) is 6. The zero-order chi connectivity index (χ0) is 21.8. The van der Waals surface area contributed by atoms with Gasteiger partial charge in [-0.25, -0.2) is 14.5 Å². The fourth-order valence-electron chi connectivity index (χ4n) is 3.30. The molecule has 4 N–H and O–H groups in total. The number of rotatable bonds is 6. The summed E-state index contributed by atoms with van der Waals surface area (Å²) in [7, 11) is 0. The number of nitrogens with one attached hydrogen (secondary N) is 4. The molecule has 0 saturated carbocycles. The van der Waals surface area contributed by atoms with Crippen LogP contribution in [-0.2, 0) is 4.79 Å². The van der Waals surface area contributed by atoms with E-state index < -0.39 is 12.1 Å². The molecule has 3 heterocycles. The normalized spacial score (nSPS) is 15.8. The maximum Gasteiger partial charge on any atom is 0.319 e. The number of anilines is 2. The van der Waals surface area contributed by atoms with Crippen LogP contribution in [0.4, 0.5) is 16.2 Å². The molecule has 1 aliphatic rings. The third-order valence-corrected chi connectivity index (χ3v) is 5.34. The van der Waals surface area contributed by atoms with Crippen molar-refractivity contribution in [1.82, 2.24) is 25.3 Å². The van der Waals surface area contributed by atoms with E-state index in [0.29, 0.717) is 27.8 Å². The van der Waals surface area contributed by atoms with Crippen molar-refractivity contribution >= 4 is 35.1 Å². The number of carbonyl (C=O) groups is 2. The average molecular weight is 436 g/mol. The van der Waals surface area contributed by atoms with Crippen molar-refractivity contribution in [2.24, 2.45) is 0 Å². The molecular formula is C21H21N7O2S. The number of amides is 3. The number of para-hydroxylation sites is 1. The third kappa shape index (κ3) is 4.38. The highest BCUT2D eigenvalue weighted by Crippen LogP contribution is 2.30. The van der Waals surface area contributed by atoms with Crippen LogP contribution >= 0.6 is 11.8 Å². The Bertz CT molecular complexity index is 1130. The minimum Gasteiger partial charge on any atom is -0.325 e. The highest BCUT2D eigenvalue weighted by molar-refractivity contribution is 7.98. The SMILES string of the molecule is CSc1ncc(C2NC(=O)NC(C)=C2C(=O)Nc2cccnc2)n1Nc1ccccc1. The van der Waals surface area contributed by atoms with Gasteiger partial charge < -0.3 is 16.0 Å². The number of nitrogens with zero attached hydrogens (tertiary/aromatic N) is 3. The minimum absolute atomic E-state index is 0.346. The molecule has 3 aromatic rings. The van der Waals surface area contributed by atoms with E-state index in [9.17, 15) is 9.59 Å². The Kier molecular flexibility index (Phi) is 5.89. The molecule has 1 unspecified atom stereocenters. The summed E-state index contributed by atoms with van der Waals surface area (Å²) in [5.74, 6) is -0.346. The number of hydrogen-bond donors (Lipinski definition) is 4. The summed E-state index contributed by atoms with van der Waals surface area (Å²) in [5, 5.41) is 9.06. The zero-order valence-corrected chi connectivity index (χ0v) is 17.7. The molecule has 4 rings (SSSR count). The maximum absolute atomic E-state index is 13.2. The van der Waals surface area contributed by atoms with Gasteiger partial charge in [-0.2, -0.15) is 0 Å². The molecule has 1 aromatic carbocycles. The average Bonchev–Trinajstić information content (AvgIpc) is 3.17. The molecular weight excluding hydrogens is 414 g/mol. The number of carbonyl (C=O) groups excluding carboxylic acids is 2. The van der Waals surface area contributed by atoms with Crippen molar-refractivity contribution in [3.63, 3.8) is 0 Å². The van der Waals surface area contributed by atoms with Crippen LogP contribution in [0.25, 0.3) is 0 Å². The number of imidazole rings is 1. The van der Waals surface area contributed by atoms with Crippen LogP contribution in [0.3, 0.4) is 0 Å². The van der Waals surface area contributed by atoms with Crippen LogP contribution in [-0.4, -0.2) is 32.8 Å². The van der Waals surface area contributed by atoms with Crippen LogP contribution in [0, 0.1) is 0 Å². The molecule has 31 heavy (non-hydrogen) atoms. The Morgan fingerprint density at radius 1 is 1.13 bits per heavy atom. The van der Waals surface area contributed by atoms with Crippen molar-refractivity contribution in [2.45, 2.75) is 18.1 Å². The van der Waals surface area contributed by atoms with E-state index in [2.05, 4.69) is 31.3 Å². The van der Waals surface area contributed by atoms with Gasteiger partial charge in [-0.05, 0) is 37.4 Å². The smallest absolute Gasteiger partial charge is 0.319 e. The van der Waals surface area contributed by atoms with Gasteiger partial charge in [0.05, 0.1) is 35.0 Å². The van der Waals surface area contributed by atoms with Gasteiger partial charge in [0.25, 0.3) is 5.91 Å². The standard InChI is InChI=1S/C21H21N7O2S/c1-13-17(19(29)25-15-9-6-10-22-11-15)18(26-20(30)24-13)16-12-23-21(31-2)28(16)27-14-7-4-3-5-8-14/h3-12,18,27H,1-2H3,(H,25,29)(H2,24,26,30). The molecule has 1 atom stereocenters. The van der Waals surface area contributed by atoms with E-state index in [1.54, 1.807) is 42.3 Å². The van der Waals surface area contributed by atoms with E-state index >= 15 is 0 Å². The van der Waals surface area contributed by atoms with Crippen LogP contribution in [0.2, 0.25) is 0 Å². The predicted octanol–water partition coefficient (Wildman–Crippen LogP) is 3.14. The summed E-state index contributed by atoms with van der Waals surface area (Å²) in [6.07, 6.45) is 6.75. The van der Waals surface area contributed by atoms with Gasteiger partial charge in [-0.1, -0.05) is 30.0 Å². The lowest BCUT2D eigenvalue weighted by Crippen LogP contribution is -2.46. The van der Waals surface area contributed by atoms with Crippen LogP contribution in [0.15, 0.2) is 77.5 Å². The molecule has 0 fully saturated rings. The Morgan fingerprint density at radius 3 is 2.61 bits per heavy atom. The predicted molar refractivity (Wildman–Crippen MR) is 119 cm³/mol. The van der Waals surface area contributed by atoms with Crippen LogP contribution in [0.1, 0.15) is 18.7 Å². The highest BCUT2D eigenvalue weighted by atomic mass is 32.2. The monoisotopic (exact) mass is 435 g/mol. The number of urea groups is 1. The molecule has 2 aromatic heterocycles. The van der Waals surface area contributed by atoms with Gasteiger partial charge in [-0.3, -0.25) is 15.2 Å². The van der Waals surface area contributed by atoms with Crippen molar-refractivity contribution in [2.75, 3.05) is 17.0 Å². The van der Waals surface area contributed by atoms with Crippen molar-refractivity contribution in [3.05, 3.63) is 78.0 Å². The first-order chi connectivity index (χ1) is 15.1. The Labute approximate surface area is 183 Å². The molecule has 0 aliphatic carbocycles. The van der Waals surface area contributed by atoms with E-state index in [-0.39, 0.29) is 5.91 Å². The maximum atomic E-state index is 13.2. The highest BCUT2D eigenvalue weighted by Gasteiger charge is 2.34. The van der Waals surface area contributed by atoms with Crippen molar-refractivity contribution < 1.29 is 9.59 Å². The lowest BCUT2D eigenvalue weighted by molar-refractivity contribution is -0.113. The van der Waals surface area contributed by atoms with Gasteiger partial charge in [0, 0.05) is 11.9 Å². The molecule has 0 spiro atoms. The Balaban J connectivity index is 1.73. The van der Waals surface area contributed by atoms with Crippen molar-refractivity contribution in [3.8, 4) is 0 Å². The van der Waals surface area contributed by atoms with Gasteiger partial charge in [0.1, 0.15) is 6.04 Å². The van der Waals surface area contributed by atoms with E-state index in [1.807, 2.05) is 36.6 Å². The molecule has 158 valence electrons. The summed E-state index contributed by atoms with van der Waals surface area (Å²) in [6.45, 7) is 1.70. The summed E-state index contributed by atoms with van der Waals surface area (Å²) in [5.41, 5.74) is 6.18. The van der Waals surface area contributed by atoms with E-state index in [0.717, 1.165) is 5.69 Å². The van der Waals surface area contributed by atoms with Crippen LogP contribution in [0.5, 0.6) is 0 Å². The Hall–Kier alpha value is -3.79. The number of thioether (sulfide) groups is 1. The first-order valence-electron chi connectivity index (χ1n) is 9.50. The second kappa shape index (κ2) is 8.92. The van der Waals surface area contributed by atoms with Crippen molar-refractivity contribution in [1.29, 1.82) is 0 Å². The first kappa shape index (κ1) is 20.5. The minimum atomic E-state index is -0.713. The Morgan fingerprint density at radius 2 is 1.90 bits per heavy atom. The number of pyridine rings is 1. The molecule has 3 amide bonds. The number of aromatic nitrogens is 3. The number of allylic oxidation sites excluding steroid dienone is 1. The van der Waals surface area contributed by atoms with E-state index in [1.165, 1.54) is 11.8 Å². The number of benzene rings is 1. The fraction of sp³-hybridized carbons (Fsp3) is 0.143. The molecule has 0 radical (unpaired) electrons. The second-order valence-corrected chi connectivity index (χ2v) is 7.52. The first-order valence-corrected chi connectivity index (χ1v) is 10.7. The topological polar surface area (TPSA) is 113 Å². The zero-order valence-electron chi connectivity index (χ0n) is 16.9. The summed E-state index contributed by atoms with van der Waals surface area (Å²) >= 11 is 1.45. The lowest BCUT2D eigenvalue weighted by atomic mass is 9.99. The molecule has 1 aliphatic heterocycles. The largest absolute Gasteiger partial charge is 0.325 e. The van der Waals surface area contributed by atoms with Gasteiger partial charge in [0.15, 0.2) is 5.16 Å². The summed E-state index contributed by atoms with van der Waals surface area (Å²) in [6, 6.07) is 12.0. The summed E-state index contributed by atoms with van der Waals surface area (Å²) < 4.78 is 1.78. The fourth-order valence-corrected chi connectivity index (χ4v) is 3.79. The molecule has 0 saturated heterocycles.